The highest BCUT2D eigenvalue weighted by Gasteiger charge is 2.28. The average molecular weight is 381 g/mol. The minimum absolute atomic E-state index is 0.536. The van der Waals surface area contributed by atoms with Crippen LogP contribution in [0.4, 0.5) is 0 Å². The lowest BCUT2D eigenvalue weighted by Crippen LogP contribution is -2.27. The molecule has 0 saturated heterocycles. The van der Waals surface area contributed by atoms with E-state index in [2.05, 4.69) is 50.2 Å². The first kappa shape index (κ1) is 14.0. The Hall–Kier alpha value is 0.620. The summed E-state index contributed by atoms with van der Waals surface area (Å²) in [5.74, 6) is 0.819. The van der Waals surface area contributed by atoms with Gasteiger partial charge in [0, 0.05) is 6.04 Å². The van der Waals surface area contributed by atoms with Gasteiger partial charge in [0.15, 0.2) is 0 Å². The lowest BCUT2D eigenvalue weighted by Gasteiger charge is -2.24. The van der Waals surface area contributed by atoms with E-state index in [1.165, 1.54) is 45.2 Å². The van der Waals surface area contributed by atoms with Crippen LogP contribution in [-0.2, 0) is 0 Å². The van der Waals surface area contributed by atoms with Gasteiger partial charge in [-0.3, -0.25) is 0 Å². The Balaban J connectivity index is 2.16. The van der Waals surface area contributed by atoms with Crippen molar-refractivity contribution in [1.82, 2.24) is 5.32 Å². The predicted molar refractivity (Wildman–Crippen MR) is 82.7 cm³/mol. The maximum Gasteiger partial charge on any atom is 0.0758 e. The summed E-state index contributed by atoms with van der Waals surface area (Å²) in [6.07, 6.45) is 6.75. The number of nitrogens with one attached hydrogen (secondary N) is 1. The van der Waals surface area contributed by atoms with Gasteiger partial charge in [-0.15, -0.1) is 11.3 Å². The van der Waals surface area contributed by atoms with Gasteiger partial charge in [-0.25, -0.2) is 0 Å². The highest BCUT2D eigenvalue weighted by atomic mass is 79.9. The van der Waals surface area contributed by atoms with E-state index in [4.69, 9.17) is 0 Å². The number of hydrogen-bond acceptors (Lipinski definition) is 2. The van der Waals surface area contributed by atoms with Crippen molar-refractivity contribution in [2.75, 3.05) is 6.54 Å². The van der Waals surface area contributed by atoms with E-state index in [0.717, 1.165) is 12.5 Å². The van der Waals surface area contributed by atoms with Crippen LogP contribution in [0.2, 0.25) is 0 Å². The van der Waals surface area contributed by atoms with Gasteiger partial charge in [0.1, 0.15) is 0 Å². The number of hydrogen-bond donors (Lipinski definition) is 1. The van der Waals surface area contributed by atoms with Gasteiger partial charge in [0.25, 0.3) is 0 Å². The molecule has 1 fully saturated rings. The van der Waals surface area contributed by atoms with Crippen molar-refractivity contribution in [2.24, 2.45) is 5.92 Å². The standard InChI is InChI=1S/C13H19Br2NS/c1-2-7-16-12(9-5-3-4-6-9)10-8-11(14)17-13(10)15/h8-9,12,16H,2-7H2,1H3. The first-order valence-electron chi connectivity index (χ1n) is 6.40. The Bertz CT molecular complexity index is 358. The van der Waals surface area contributed by atoms with E-state index < -0.39 is 0 Å². The third-order valence-corrected chi connectivity index (χ3v) is 5.89. The van der Waals surface area contributed by atoms with Crippen molar-refractivity contribution in [2.45, 2.75) is 45.1 Å². The van der Waals surface area contributed by atoms with Crippen LogP contribution in [0, 0.1) is 5.92 Å². The summed E-state index contributed by atoms with van der Waals surface area (Å²) in [5, 5.41) is 3.74. The van der Waals surface area contributed by atoms with Crippen molar-refractivity contribution < 1.29 is 0 Å². The van der Waals surface area contributed by atoms with Crippen LogP contribution in [0.25, 0.3) is 0 Å². The predicted octanol–water partition coefficient (Wildman–Crippen LogP) is 5.50. The Morgan fingerprint density at radius 3 is 2.65 bits per heavy atom. The van der Waals surface area contributed by atoms with E-state index in [9.17, 15) is 0 Å². The molecule has 1 aromatic rings. The zero-order valence-corrected chi connectivity index (χ0v) is 14.1. The monoisotopic (exact) mass is 379 g/mol. The van der Waals surface area contributed by atoms with Crippen LogP contribution in [0.3, 0.4) is 0 Å². The first-order valence-corrected chi connectivity index (χ1v) is 8.80. The summed E-state index contributed by atoms with van der Waals surface area (Å²) in [5.41, 5.74) is 1.45. The third-order valence-electron chi connectivity index (χ3n) is 3.50. The van der Waals surface area contributed by atoms with Crippen LogP contribution in [0.5, 0.6) is 0 Å². The maximum absolute atomic E-state index is 3.74. The Kier molecular flexibility index (Phi) is 5.52. The fourth-order valence-electron chi connectivity index (χ4n) is 2.69. The largest absolute Gasteiger partial charge is 0.310 e. The summed E-state index contributed by atoms with van der Waals surface area (Å²) in [6.45, 7) is 3.35. The number of rotatable bonds is 5. The molecule has 1 heterocycles. The van der Waals surface area contributed by atoms with Crippen molar-refractivity contribution in [3.05, 3.63) is 19.2 Å². The summed E-state index contributed by atoms with van der Waals surface area (Å²) in [4.78, 5) is 0. The molecule has 1 unspecified atom stereocenters. The molecule has 0 spiro atoms. The Morgan fingerprint density at radius 1 is 1.41 bits per heavy atom. The smallest absolute Gasteiger partial charge is 0.0758 e. The van der Waals surface area contributed by atoms with E-state index >= 15 is 0 Å². The van der Waals surface area contributed by atoms with Crippen molar-refractivity contribution >= 4 is 43.2 Å². The molecule has 0 amide bonds. The fourth-order valence-corrected chi connectivity index (χ4v) is 5.62. The Morgan fingerprint density at radius 2 is 2.12 bits per heavy atom. The summed E-state index contributed by atoms with van der Waals surface area (Å²) in [7, 11) is 0. The van der Waals surface area contributed by atoms with E-state index in [1.807, 2.05) is 0 Å². The molecule has 0 bridgehead atoms. The zero-order chi connectivity index (χ0) is 12.3. The molecule has 1 saturated carbocycles. The van der Waals surface area contributed by atoms with E-state index in [-0.39, 0.29) is 0 Å². The van der Waals surface area contributed by atoms with Crippen LogP contribution in [0.15, 0.2) is 13.6 Å². The topological polar surface area (TPSA) is 12.0 Å². The van der Waals surface area contributed by atoms with E-state index in [0.29, 0.717) is 6.04 Å². The summed E-state index contributed by atoms with van der Waals surface area (Å²) < 4.78 is 2.51. The minimum Gasteiger partial charge on any atom is -0.310 e. The third kappa shape index (κ3) is 3.55. The molecule has 2 rings (SSSR count). The highest BCUT2D eigenvalue weighted by molar-refractivity contribution is 9.12. The second-order valence-electron chi connectivity index (χ2n) is 4.76. The summed E-state index contributed by atoms with van der Waals surface area (Å²) >= 11 is 9.08. The van der Waals surface area contributed by atoms with Gasteiger partial charge in [-0.2, -0.15) is 0 Å². The van der Waals surface area contributed by atoms with Crippen LogP contribution >= 0.6 is 43.2 Å². The molecule has 17 heavy (non-hydrogen) atoms. The molecule has 1 aliphatic rings. The molecule has 1 nitrogen and oxygen atoms in total. The minimum atomic E-state index is 0.536. The molecule has 96 valence electrons. The second kappa shape index (κ2) is 6.69. The Labute approximate surface area is 125 Å². The van der Waals surface area contributed by atoms with Crippen LogP contribution in [-0.4, -0.2) is 6.54 Å². The van der Waals surface area contributed by atoms with Crippen molar-refractivity contribution in [1.29, 1.82) is 0 Å². The lowest BCUT2D eigenvalue weighted by atomic mass is 9.93. The molecule has 4 heteroatoms. The van der Waals surface area contributed by atoms with Crippen molar-refractivity contribution in [3.63, 3.8) is 0 Å². The van der Waals surface area contributed by atoms with Gasteiger partial charge >= 0.3 is 0 Å². The van der Waals surface area contributed by atoms with Gasteiger partial charge in [0.05, 0.1) is 7.57 Å². The molecule has 0 aliphatic heterocycles. The highest BCUT2D eigenvalue weighted by Crippen LogP contribution is 2.42. The molecule has 0 aromatic carbocycles. The lowest BCUT2D eigenvalue weighted by molar-refractivity contribution is 0.368. The second-order valence-corrected chi connectivity index (χ2v) is 8.51. The van der Waals surface area contributed by atoms with Crippen molar-refractivity contribution in [3.8, 4) is 0 Å². The fraction of sp³-hybridized carbons (Fsp3) is 0.692. The van der Waals surface area contributed by atoms with Crippen LogP contribution < -0.4 is 5.32 Å². The zero-order valence-electron chi connectivity index (χ0n) is 10.1. The first-order chi connectivity index (χ1) is 8.22. The van der Waals surface area contributed by atoms with Gasteiger partial charge in [0.2, 0.25) is 0 Å². The number of thiophene rings is 1. The summed E-state index contributed by atoms with van der Waals surface area (Å²) in [6, 6.07) is 2.81. The molecule has 0 radical (unpaired) electrons. The SMILES string of the molecule is CCCNC(c1cc(Br)sc1Br)C1CCCC1. The van der Waals surface area contributed by atoms with Gasteiger partial charge in [-0.05, 0) is 75.2 Å². The molecule has 1 aromatic heterocycles. The van der Waals surface area contributed by atoms with E-state index in [1.54, 1.807) is 11.3 Å². The molecule has 1 atom stereocenters. The molecular weight excluding hydrogens is 362 g/mol. The van der Waals surface area contributed by atoms with Crippen LogP contribution in [0.1, 0.15) is 50.6 Å². The molecule has 1 N–H and O–H groups in total. The molecular formula is C13H19Br2NS. The normalized spacial score (nSPS) is 18.8. The average Bonchev–Trinajstić information content (AvgIpc) is 2.90. The van der Waals surface area contributed by atoms with Gasteiger partial charge < -0.3 is 5.32 Å². The number of halogens is 2. The van der Waals surface area contributed by atoms with Gasteiger partial charge in [-0.1, -0.05) is 19.8 Å². The molecule has 1 aliphatic carbocycles. The maximum atomic E-state index is 3.74. The quantitative estimate of drug-likeness (QED) is 0.710.